The van der Waals surface area contributed by atoms with E-state index in [-0.39, 0.29) is 11.5 Å². The molecule has 2 aromatic rings. The summed E-state index contributed by atoms with van der Waals surface area (Å²) in [6.07, 6.45) is 5.63. The monoisotopic (exact) mass is 342 g/mol. The molecular weight excluding hydrogens is 323 g/mol. The maximum Gasteiger partial charge on any atom is 0.255 e. The largest absolute Gasteiger partial charge is 0.346 e. The van der Waals surface area contributed by atoms with Crippen molar-refractivity contribution in [1.29, 1.82) is 0 Å². The van der Waals surface area contributed by atoms with Gasteiger partial charge in [-0.05, 0) is 31.0 Å². The molecule has 0 unspecified atom stereocenters. The van der Waals surface area contributed by atoms with Gasteiger partial charge in [0, 0.05) is 38.6 Å². The van der Waals surface area contributed by atoms with E-state index >= 15 is 0 Å². The van der Waals surface area contributed by atoms with Crippen molar-refractivity contribution in [2.45, 2.75) is 18.4 Å². The highest BCUT2D eigenvalue weighted by Crippen LogP contribution is 2.40. The Morgan fingerprint density at radius 1 is 1.28 bits per heavy atom. The fraction of sp³-hybridized carbons (Fsp3) is 0.333. The third-order valence-corrected chi connectivity index (χ3v) is 4.44. The van der Waals surface area contributed by atoms with Gasteiger partial charge in [0.05, 0.1) is 11.9 Å². The van der Waals surface area contributed by atoms with Gasteiger partial charge in [0.2, 0.25) is 0 Å². The predicted molar refractivity (Wildman–Crippen MR) is 89.1 cm³/mol. The van der Waals surface area contributed by atoms with Gasteiger partial charge in [-0.15, -0.1) is 0 Å². The summed E-state index contributed by atoms with van der Waals surface area (Å²) in [6.45, 7) is 0.394. The molecule has 25 heavy (non-hydrogen) atoms. The molecule has 2 amide bonds. The topological polar surface area (TPSA) is 66.4 Å². The highest BCUT2D eigenvalue weighted by atomic mass is 19.1. The highest BCUT2D eigenvalue weighted by Gasteiger charge is 2.53. The lowest BCUT2D eigenvalue weighted by Gasteiger charge is -2.38. The fourth-order valence-corrected chi connectivity index (χ4v) is 3.35. The van der Waals surface area contributed by atoms with E-state index in [9.17, 15) is 14.0 Å². The second-order valence-corrected chi connectivity index (χ2v) is 6.22. The third-order valence-electron chi connectivity index (χ3n) is 4.44. The molecule has 0 radical (unpaired) electrons. The van der Waals surface area contributed by atoms with E-state index in [0.29, 0.717) is 25.1 Å². The quantitative estimate of drug-likeness (QED) is 0.854. The molecule has 1 aliphatic rings. The van der Waals surface area contributed by atoms with Gasteiger partial charge in [0.15, 0.2) is 5.54 Å². The summed E-state index contributed by atoms with van der Waals surface area (Å²) < 4.78 is 13.5. The maximum absolute atomic E-state index is 13.5. The Labute approximate surface area is 145 Å². The molecule has 0 spiro atoms. The van der Waals surface area contributed by atoms with Crippen molar-refractivity contribution in [3.05, 3.63) is 59.9 Å². The van der Waals surface area contributed by atoms with E-state index in [1.165, 1.54) is 46.6 Å². The van der Waals surface area contributed by atoms with Gasteiger partial charge >= 0.3 is 0 Å². The lowest BCUT2D eigenvalue weighted by molar-refractivity contribution is -0.140. The number of rotatable bonds is 3. The normalized spacial score (nSPS) is 19.7. The first kappa shape index (κ1) is 17.0. The molecule has 2 heterocycles. The minimum atomic E-state index is -1.22. The molecule has 0 saturated carbocycles. The lowest BCUT2D eigenvalue weighted by atomic mass is 9.89. The zero-order valence-corrected chi connectivity index (χ0v) is 14.1. The summed E-state index contributed by atoms with van der Waals surface area (Å²) in [5.74, 6) is -1.12. The second-order valence-electron chi connectivity index (χ2n) is 6.22. The summed E-state index contributed by atoms with van der Waals surface area (Å²) in [5.41, 5.74) is -0.584. The van der Waals surface area contributed by atoms with E-state index in [1.807, 2.05) is 0 Å². The summed E-state index contributed by atoms with van der Waals surface area (Å²) in [4.78, 5) is 37.4. The maximum atomic E-state index is 13.5. The number of hydrogen-bond acceptors (Lipinski definition) is 4. The SMILES string of the molecule is CN(C)C(=O)[C@@]1(c2cnccn2)CCCN1C(=O)c1cccc(F)c1. The van der Waals surface area contributed by atoms with E-state index in [1.54, 1.807) is 20.2 Å². The van der Waals surface area contributed by atoms with Gasteiger partial charge in [0.1, 0.15) is 5.82 Å². The number of halogens is 1. The zero-order chi connectivity index (χ0) is 18.0. The Kier molecular flexibility index (Phi) is 4.48. The van der Waals surface area contributed by atoms with Crippen molar-refractivity contribution in [2.24, 2.45) is 0 Å². The first-order valence-corrected chi connectivity index (χ1v) is 8.02. The van der Waals surface area contributed by atoms with Crippen LogP contribution in [0, 0.1) is 5.82 Å². The molecule has 1 aromatic carbocycles. The van der Waals surface area contributed by atoms with Crippen LogP contribution in [-0.4, -0.2) is 52.2 Å². The van der Waals surface area contributed by atoms with E-state index in [4.69, 9.17) is 0 Å². The first-order chi connectivity index (χ1) is 12.0. The molecular formula is C18H19FN4O2. The van der Waals surface area contributed by atoms with Gasteiger partial charge in [0.25, 0.3) is 11.8 Å². The molecule has 0 aliphatic carbocycles. The molecule has 1 aliphatic heterocycles. The number of aromatic nitrogens is 2. The summed E-state index contributed by atoms with van der Waals surface area (Å²) in [6, 6.07) is 5.49. The van der Waals surface area contributed by atoms with Crippen LogP contribution in [0.5, 0.6) is 0 Å². The number of carbonyl (C=O) groups excluding carboxylic acids is 2. The standard InChI is InChI=1S/C18H19FN4O2/c1-22(2)17(25)18(15-12-20-8-9-21-15)7-4-10-23(18)16(24)13-5-3-6-14(19)11-13/h3,5-6,8-9,11-12H,4,7,10H2,1-2H3/t18-/m0/s1. The highest BCUT2D eigenvalue weighted by molar-refractivity contribution is 6.00. The number of likely N-dealkylation sites (N-methyl/N-ethyl adjacent to an activating group) is 1. The van der Waals surface area contributed by atoms with Crippen molar-refractivity contribution in [1.82, 2.24) is 19.8 Å². The minimum absolute atomic E-state index is 0.210. The number of hydrogen-bond donors (Lipinski definition) is 0. The fourth-order valence-electron chi connectivity index (χ4n) is 3.35. The van der Waals surface area contributed by atoms with Gasteiger partial charge < -0.3 is 9.80 Å². The van der Waals surface area contributed by atoms with Crippen molar-refractivity contribution < 1.29 is 14.0 Å². The Bertz CT molecular complexity index is 797. The number of benzene rings is 1. The van der Waals surface area contributed by atoms with Crippen LogP contribution in [0.15, 0.2) is 42.9 Å². The molecule has 1 fully saturated rings. The molecule has 1 aromatic heterocycles. The van der Waals surface area contributed by atoms with Gasteiger partial charge in [-0.1, -0.05) is 6.07 Å². The van der Waals surface area contributed by atoms with Crippen LogP contribution in [0.3, 0.4) is 0 Å². The smallest absolute Gasteiger partial charge is 0.255 e. The van der Waals surface area contributed by atoms with Crippen molar-refractivity contribution in [2.75, 3.05) is 20.6 Å². The number of carbonyl (C=O) groups is 2. The molecule has 1 saturated heterocycles. The van der Waals surface area contributed by atoms with Crippen LogP contribution in [0.25, 0.3) is 0 Å². The van der Waals surface area contributed by atoms with E-state index in [0.717, 1.165) is 0 Å². The van der Waals surface area contributed by atoms with Crippen molar-refractivity contribution in [3.8, 4) is 0 Å². The van der Waals surface area contributed by atoms with Crippen LogP contribution in [0.2, 0.25) is 0 Å². The Morgan fingerprint density at radius 2 is 2.08 bits per heavy atom. The average molecular weight is 342 g/mol. The Balaban J connectivity index is 2.11. The van der Waals surface area contributed by atoms with Gasteiger partial charge in [-0.25, -0.2) is 4.39 Å². The number of likely N-dealkylation sites (tertiary alicyclic amines) is 1. The number of amides is 2. The predicted octanol–water partition coefficient (Wildman–Crippen LogP) is 1.84. The second kappa shape index (κ2) is 6.58. The first-order valence-electron chi connectivity index (χ1n) is 8.02. The molecule has 7 heteroatoms. The summed E-state index contributed by atoms with van der Waals surface area (Å²) >= 11 is 0. The van der Waals surface area contributed by atoms with Crippen LogP contribution >= 0.6 is 0 Å². The van der Waals surface area contributed by atoms with Crippen LogP contribution < -0.4 is 0 Å². The third kappa shape index (κ3) is 2.86. The lowest BCUT2D eigenvalue weighted by Crippen LogP contribution is -2.55. The van der Waals surface area contributed by atoms with Crippen molar-refractivity contribution in [3.63, 3.8) is 0 Å². The molecule has 130 valence electrons. The van der Waals surface area contributed by atoms with Crippen LogP contribution in [0.4, 0.5) is 4.39 Å². The summed E-state index contributed by atoms with van der Waals surface area (Å²) in [5, 5.41) is 0. The molecule has 0 bridgehead atoms. The Hall–Kier alpha value is -2.83. The molecule has 1 atom stereocenters. The minimum Gasteiger partial charge on any atom is -0.346 e. The van der Waals surface area contributed by atoms with Gasteiger partial charge in [-0.2, -0.15) is 0 Å². The zero-order valence-electron chi connectivity index (χ0n) is 14.1. The molecule has 0 N–H and O–H groups in total. The van der Waals surface area contributed by atoms with Crippen molar-refractivity contribution >= 4 is 11.8 Å². The summed E-state index contributed by atoms with van der Waals surface area (Å²) in [7, 11) is 3.28. The number of nitrogens with zero attached hydrogens (tertiary/aromatic N) is 4. The van der Waals surface area contributed by atoms with Crippen LogP contribution in [0.1, 0.15) is 28.9 Å². The van der Waals surface area contributed by atoms with E-state index < -0.39 is 17.3 Å². The average Bonchev–Trinajstić information content (AvgIpc) is 3.07. The van der Waals surface area contributed by atoms with Gasteiger partial charge in [-0.3, -0.25) is 19.6 Å². The molecule has 6 nitrogen and oxygen atoms in total. The van der Waals surface area contributed by atoms with Crippen LogP contribution in [-0.2, 0) is 10.3 Å². The Morgan fingerprint density at radius 3 is 2.72 bits per heavy atom. The van der Waals surface area contributed by atoms with E-state index in [2.05, 4.69) is 9.97 Å². The molecule has 3 rings (SSSR count).